The minimum Gasteiger partial charge on any atom is -0.299 e. The van der Waals surface area contributed by atoms with Gasteiger partial charge < -0.3 is 0 Å². The summed E-state index contributed by atoms with van der Waals surface area (Å²) < 4.78 is 0. The van der Waals surface area contributed by atoms with Gasteiger partial charge in [-0.3, -0.25) is 20.0 Å². The van der Waals surface area contributed by atoms with Crippen LogP contribution in [0.25, 0.3) is 0 Å². The Morgan fingerprint density at radius 3 is 1.92 bits per heavy atom. The van der Waals surface area contributed by atoms with Crippen molar-refractivity contribution >= 4 is 17.4 Å². The molecule has 146 valence electrons. The first-order valence-corrected chi connectivity index (χ1v) is 10.2. The Labute approximate surface area is 159 Å². The number of nitrogens with one attached hydrogen (secondary N) is 1. The van der Waals surface area contributed by atoms with E-state index in [9.17, 15) is 9.59 Å². The summed E-state index contributed by atoms with van der Waals surface area (Å²) in [6.07, 6.45) is 12.8. The minimum atomic E-state index is -0.242. The SMILES string of the molecule is CCCCCCCCCCCCN(NC(=O)CC(C)=O)c1ccccc1. The molecule has 0 heterocycles. The molecule has 1 aromatic rings. The average Bonchev–Trinajstić information content (AvgIpc) is 2.62. The summed E-state index contributed by atoms with van der Waals surface area (Å²) in [5.74, 6) is -0.358. The van der Waals surface area contributed by atoms with E-state index in [1.807, 2.05) is 35.3 Å². The number of anilines is 1. The normalized spacial score (nSPS) is 10.5. The molecule has 1 aromatic carbocycles. The van der Waals surface area contributed by atoms with E-state index in [1.54, 1.807) is 0 Å². The van der Waals surface area contributed by atoms with Gasteiger partial charge in [-0.05, 0) is 25.5 Å². The zero-order valence-electron chi connectivity index (χ0n) is 16.6. The number of carbonyl (C=O) groups excluding carboxylic acids is 2. The van der Waals surface area contributed by atoms with Gasteiger partial charge >= 0.3 is 0 Å². The summed E-state index contributed by atoms with van der Waals surface area (Å²) in [7, 11) is 0. The second-order valence-electron chi connectivity index (χ2n) is 7.08. The molecule has 26 heavy (non-hydrogen) atoms. The van der Waals surface area contributed by atoms with Crippen LogP contribution in [-0.2, 0) is 9.59 Å². The quantitative estimate of drug-likeness (QED) is 0.258. The largest absolute Gasteiger partial charge is 0.299 e. The number of hydrogen-bond donors (Lipinski definition) is 1. The maximum absolute atomic E-state index is 11.9. The Hall–Kier alpha value is -1.84. The van der Waals surface area contributed by atoms with Gasteiger partial charge in [-0.2, -0.15) is 0 Å². The van der Waals surface area contributed by atoms with Crippen molar-refractivity contribution in [2.45, 2.75) is 84.5 Å². The predicted octanol–water partition coefficient (Wildman–Crippen LogP) is 5.42. The molecule has 4 heteroatoms. The number of ketones is 1. The standard InChI is InChI=1S/C22H36N2O2/c1-3-4-5-6-7-8-9-10-11-15-18-24(21-16-13-12-14-17-21)23-22(26)19-20(2)25/h12-14,16-17H,3-11,15,18-19H2,1-2H3,(H,23,26). The average molecular weight is 361 g/mol. The Bertz CT molecular complexity index is 502. The number of nitrogens with zero attached hydrogens (tertiary/aromatic N) is 1. The van der Waals surface area contributed by atoms with E-state index in [0.29, 0.717) is 0 Å². The number of rotatable bonds is 15. The first kappa shape index (κ1) is 22.2. The van der Waals surface area contributed by atoms with Crippen molar-refractivity contribution in [3.05, 3.63) is 30.3 Å². The third-order valence-corrected chi connectivity index (χ3v) is 4.47. The minimum absolute atomic E-state index is 0.0681. The number of amides is 1. The lowest BCUT2D eigenvalue weighted by atomic mass is 10.1. The third-order valence-electron chi connectivity index (χ3n) is 4.47. The lowest BCUT2D eigenvalue weighted by molar-refractivity contribution is -0.127. The van der Waals surface area contributed by atoms with Crippen LogP contribution in [0.1, 0.15) is 84.5 Å². The molecule has 0 bridgehead atoms. The van der Waals surface area contributed by atoms with Gasteiger partial charge in [-0.15, -0.1) is 0 Å². The smallest absolute Gasteiger partial charge is 0.245 e. The highest BCUT2D eigenvalue weighted by Crippen LogP contribution is 2.14. The molecular formula is C22H36N2O2. The molecule has 0 aliphatic heterocycles. The molecular weight excluding hydrogens is 324 g/mol. The van der Waals surface area contributed by atoms with Crippen molar-refractivity contribution in [3.63, 3.8) is 0 Å². The van der Waals surface area contributed by atoms with Crippen LogP contribution in [-0.4, -0.2) is 18.2 Å². The fraction of sp³-hybridized carbons (Fsp3) is 0.636. The number of hydrazine groups is 1. The third kappa shape index (κ3) is 10.9. The summed E-state index contributed by atoms with van der Waals surface area (Å²) in [5, 5.41) is 1.87. The highest BCUT2D eigenvalue weighted by atomic mass is 16.2. The van der Waals surface area contributed by atoms with Crippen molar-refractivity contribution < 1.29 is 9.59 Å². The summed E-state index contributed by atoms with van der Waals surface area (Å²) in [4.78, 5) is 23.1. The van der Waals surface area contributed by atoms with Gasteiger partial charge in [0.05, 0.1) is 12.1 Å². The first-order chi connectivity index (χ1) is 12.6. The zero-order valence-corrected chi connectivity index (χ0v) is 16.6. The summed E-state index contributed by atoms with van der Waals surface area (Å²) in [5.41, 5.74) is 3.83. The van der Waals surface area contributed by atoms with Crippen LogP contribution in [0.5, 0.6) is 0 Å². The lowest BCUT2D eigenvalue weighted by Gasteiger charge is -2.25. The summed E-state index contributed by atoms with van der Waals surface area (Å²) in [6.45, 7) is 4.46. The number of carbonyl (C=O) groups is 2. The molecule has 4 nitrogen and oxygen atoms in total. The van der Waals surface area contributed by atoms with Crippen molar-refractivity contribution in [2.24, 2.45) is 0 Å². The van der Waals surface area contributed by atoms with Crippen LogP contribution < -0.4 is 10.4 Å². The molecule has 1 amide bonds. The lowest BCUT2D eigenvalue weighted by Crippen LogP contribution is -2.43. The van der Waals surface area contributed by atoms with Gasteiger partial charge in [0.15, 0.2) is 0 Å². The molecule has 0 aliphatic carbocycles. The molecule has 0 radical (unpaired) electrons. The van der Waals surface area contributed by atoms with Crippen LogP contribution in [0.2, 0.25) is 0 Å². The number of hydrogen-bond acceptors (Lipinski definition) is 3. The number of para-hydroxylation sites is 1. The maximum atomic E-state index is 11.9. The van der Waals surface area contributed by atoms with Crippen LogP contribution in [0.3, 0.4) is 0 Å². The Morgan fingerprint density at radius 2 is 1.38 bits per heavy atom. The second-order valence-corrected chi connectivity index (χ2v) is 7.08. The van der Waals surface area contributed by atoms with Crippen LogP contribution >= 0.6 is 0 Å². The first-order valence-electron chi connectivity index (χ1n) is 10.2. The Kier molecular flexibility index (Phi) is 12.2. The van der Waals surface area contributed by atoms with Crippen molar-refractivity contribution in [2.75, 3.05) is 11.6 Å². The zero-order chi connectivity index (χ0) is 19.0. The van der Waals surface area contributed by atoms with E-state index >= 15 is 0 Å². The predicted molar refractivity (Wildman–Crippen MR) is 109 cm³/mol. The van der Waals surface area contributed by atoms with Gasteiger partial charge in [-0.25, -0.2) is 0 Å². The van der Waals surface area contributed by atoms with E-state index in [2.05, 4.69) is 12.3 Å². The van der Waals surface area contributed by atoms with E-state index in [0.717, 1.165) is 18.7 Å². The maximum Gasteiger partial charge on any atom is 0.245 e. The Morgan fingerprint density at radius 1 is 0.846 bits per heavy atom. The fourth-order valence-corrected chi connectivity index (χ4v) is 3.03. The molecule has 1 rings (SSSR count). The van der Waals surface area contributed by atoms with Gasteiger partial charge in [0.25, 0.3) is 0 Å². The molecule has 0 fully saturated rings. The fourth-order valence-electron chi connectivity index (χ4n) is 3.03. The monoisotopic (exact) mass is 360 g/mol. The molecule has 0 aliphatic rings. The number of unbranched alkanes of at least 4 members (excludes halogenated alkanes) is 9. The van der Waals surface area contributed by atoms with Gasteiger partial charge in [0, 0.05) is 6.54 Å². The van der Waals surface area contributed by atoms with Crippen molar-refractivity contribution in [3.8, 4) is 0 Å². The molecule has 0 spiro atoms. The number of Topliss-reactive ketones (excluding diaryl/α,β-unsaturated/α-hetero) is 1. The molecule has 0 atom stereocenters. The van der Waals surface area contributed by atoms with Crippen LogP contribution in [0.4, 0.5) is 5.69 Å². The van der Waals surface area contributed by atoms with E-state index in [4.69, 9.17) is 0 Å². The molecule has 0 unspecified atom stereocenters. The highest BCUT2D eigenvalue weighted by molar-refractivity contribution is 5.97. The number of benzene rings is 1. The van der Waals surface area contributed by atoms with Crippen LogP contribution in [0.15, 0.2) is 30.3 Å². The highest BCUT2D eigenvalue weighted by Gasteiger charge is 2.11. The topological polar surface area (TPSA) is 49.4 Å². The van der Waals surface area contributed by atoms with E-state index < -0.39 is 0 Å². The van der Waals surface area contributed by atoms with Crippen LogP contribution in [0, 0.1) is 0 Å². The molecule has 1 N–H and O–H groups in total. The Balaban J connectivity index is 2.26. The van der Waals surface area contributed by atoms with E-state index in [-0.39, 0.29) is 18.1 Å². The second kappa shape index (κ2) is 14.3. The summed E-state index contributed by atoms with van der Waals surface area (Å²) in [6, 6.07) is 9.82. The van der Waals surface area contributed by atoms with Gasteiger partial charge in [0.2, 0.25) is 5.91 Å². The van der Waals surface area contributed by atoms with Crippen molar-refractivity contribution in [1.29, 1.82) is 0 Å². The summed E-state index contributed by atoms with van der Waals surface area (Å²) >= 11 is 0. The molecule has 0 saturated heterocycles. The van der Waals surface area contributed by atoms with Crippen molar-refractivity contribution in [1.82, 2.24) is 5.43 Å². The molecule has 0 saturated carbocycles. The molecule has 0 aromatic heterocycles. The van der Waals surface area contributed by atoms with Gasteiger partial charge in [-0.1, -0.05) is 82.9 Å². The van der Waals surface area contributed by atoms with Gasteiger partial charge in [0.1, 0.15) is 5.78 Å². The van der Waals surface area contributed by atoms with E-state index in [1.165, 1.54) is 64.7 Å².